The van der Waals surface area contributed by atoms with Crippen molar-refractivity contribution in [3.63, 3.8) is 0 Å². The largest absolute Gasteiger partial charge is 0.494 e. The number of amides is 4. The van der Waals surface area contributed by atoms with Crippen LogP contribution in [0.3, 0.4) is 0 Å². The molecule has 141 heavy (non-hydrogen) atoms. The lowest BCUT2D eigenvalue weighted by atomic mass is 10.0. The molecule has 12 aromatic rings. The van der Waals surface area contributed by atoms with Crippen molar-refractivity contribution in [2.45, 2.75) is 44.7 Å². The number of methoxy groups -OCH3 is 4. The van der Waals surface area contributed by atoms with E-state index in [2.05, 4.69) is 183 Å². The summed E-state index contributed by atoms with van der Waals surface area (Å²) in [4.78, 5) is 103. The Morgan fingerprint density at radius 2 is 0.702 bits per heavy atom. The van der Waals surface area contributed by atoms with Gasteiger partial charge in [0.1, 0.15) is 23.0 Å². The third-order valence-electron chi connectivity index (χ3n) is 24.2. The van der Waals surface area contributed by atoms with Crippen LogP contribution in [-0.2, 0) is 47.4 Å². The Hall–Kier alpha value is -14.2. The van der Waals surface area contributed by atoms with Crippen LogP contribution in [-0.4, -0.2) is 264 Å². The van der Waals surface area contributed by atoms with Crippen molar-refractivity contribution in [2.75, 3.05) is 212 Å². The smallest absolute Gasteiger partial charge is 0.247 e. The van der Waals surface area contributed by atoms with Gasteiger partial charge in [0.15, 0.2) is 0 Å². The fourth-order valence-corrected chi connectivity index (χ4v) is 16.9. The Kier molecular flexibility index (Phi) is 36.8. The molecule has 0 radical (unpaired) electrons. The summed E-state index contributed by atoms with van der Waals surface area (Å²) in [5, 5.41) is 26.4. The molecule has 0 saturated carbocycles. The normalized spacial score (nSPS) is 13.3. The molecule has 0 atom stereocenters. The molecule has 0 spiro atoms. The van der Waals surface area contributed by atoms with Gasteiger partial charge in [0, 0.05) is 208 Å². The molecule has 3 aliphatic rings. The molecular weight excluding hydrogens is 1880 g/mol. The van der Waals surface area contributed by atoms with Crippen molar-refractivity contribution >= 4 is 162 Å². The molecule has 3 saturated heterocycles. The lowest BCUT2D eigenvalue weighted by Crippen LogP contribution is -2.44. The zero-order chi connectivity index (χ0) is 102. The lowest BCUT2D eigenvalue weighted by Gasteiger charge is -2.37. The standard InChI is InChI=1S/C27H34ClN7O2.C26H32ClN7O2.C24H28ClN7O2.C24H30ClN7O2/c1-7-25(36)30-21-14-22(24(37-6)15-23(21)35-12-8-18(9-13-35)33(3)4)31-27-29-16-20(28)26(32-27)19-10-11-34(5)17(19)2;1-6-24(35)29-20-13-21(23(36-5)14-22(20)34-11-8-18(9-12-34)32(2)3)30-26-28-15-19(27)25(31-26)17-7-10-33(4)16-17;1-5-22(33)27-18-12-19(21(34-4)13-20(18)32-10-8-30(2)9-11-32)28-24-26-14-17(25)23(29-24)16-6-7-31(3)15-16;1-7-22(33)27-18-12-19(21(34-6)13-20(18)32(5)11-10-30(2)3)28-24-26-14-17(25)23(29-24)16-8-9-31(4)15-16/h7,10-11,14-16,18H,1,8-9,12-13H2,2-6H3,(H,30,36)(H,29,31,32);6-7,10,13-16,18H,1,8-9,11-12H2,2-5H3,(H,29,35)(H,28,30,31);5-7,12-15H,1,8-11H2,2-4H3,(H,27,33)(H,26,28,29);7-9,12-15H,1,10-11H2,2-6H3,(H,27,33)(H,26,28,29). The number of halogens is 4. The van der Waals surface area contributed by atoms with E-state index in [-0.39, 0.29) is 23.6 Å². The number of ether oxygens (including phenoxy) is 4. The number of nitrogens with one attached hydrogen (secondary N) is 8. The molecule has 36 nitrogen and oxygen atoms in total. The summed E-state index contributed by atoms with van der Waals surface area (Å²) >= 11 is 25.6. The van der Waals surface area contributed by atoms with Crippen molar-refractivity contribution in [1.29, 1.82) is 0 Å². The van der Waals surface area contributed by atoms with Gasteiger partial charge in [-0.05, 0) is 155 Å². The van der Waals surface area contributed by atoms with E-state index >= 15 is 0 Å². The van der Waals surface area contributed by atoms with E-state index in [9.17, 15) is 19.2 Å². The van der Waals surface area contributed by atoms with E-state index in [0.29, 0.717) is 147 Å². The van der Waals surface area contributed by atoms with Gasteiger partial charge in [-0.15, -0.1) is 0 Å². The van der Waals surface area contributed by atoms with Gasteiger partial charge in [-0.25, -0.2) is 39.9 Å². The van der Waals surface area contributed by atoms with Gasteiger partial charge in [-0.2, -0.15) is 0 Å². The highest BCUT2D eigenvalue weighted by Gasteiger charge is 2.30. The molecule has 0 aliphatic carbocycles. The molecule has 11 heterocycles. The van der Waals surface area contributed by atoms with Crippen LogP contribution in [0.1, 0.15) is 31.4 Å². The number of carbonyl (C=O) groups excluding carboxylic acids is 4. The number of piperazine rings is 1. The molecular formula is C101H124Cl4N28O8. The van der Waals surface area contributed by atoms with Crippen molar-refractivity contribution < 1.29 is 38.1 Å². The van der Waals surface area contributed by atoms with Crippen LogP contribution in [0, 0.1) is 6.92 Å². The summed E-state index contributed by atoms with van der Waals surface area (Å²) in [6.45, 7) is 24.9. The number of benzene rings is 4. The summed E-state index contributed by atoms with van der Waals surface area (Å²) in [5.41, 5.74) is 15.6. The van der Waals surface area contributed by atoms with E-state index in [1.165, 1.54) is 24.3 Å². The monoisotopic (exact) mass is 2000 g/mol. The minimum atomic E-state index is -0.313. The molecule has 4 amide bonds. The molecule has 15 rings (SSSR count). The van der Waals surface area contributed by atoms with Gasteiger partial charge in [-0.1, -0.05) is 72.7 Å². The van der Waals surface area contributed by atoms with Crippen LogP contribution >= 0.6 is 46.4 Å². The first-order valence-corrected chi connectivity index (χ1v) is 47.0. The van der Waals surface area contributed by atoms with E-state index in [4.69, 9.17) is 65.4 Å². The number of aromatic nitrogens is 12. The zero-order valence-electron chi connectivity index (χ0n) is 82.7. The van der Waals surface area contributed by atoms with Crippen LogP contribution in [0.4, 0.5) is 92.0 Å². The minimum Gasteiger partial charge on any atom is -0.494 e. The number of rotatable bonds is 33. The highest BCUT2D eigenvalue weighted by atomic mass is 35.5. The summed E-state index contributed by atoms with van der Waals surface area (Å²) in [6, 6.07) is 23.8. The maximum absolute atomic E-state index is 12.3. The summed E-state index contributed by atoms with van der Waals surface area (Å²) in [5.74, 6) is 2.63. The first-order chi connectivity index (χ1) is 67.6. The summed E-state index contributed by atoms with van der Waals surface area (Å²) < 4.78 is 30.6. The lowest BCUT2D eigenvalue weighted by molar-refractivity contribution is -0.112. The van der Waals surface area contributed by atoms with Gasteiger partial charge in [0.2, 0.25) is 47.4 Å². The molecule has 8 N–H and O–H groups in total. The number of aryl methyl sites for hydroxylation is 4. The SMILES string of the molecule is C=CC(=O)Nc1cc(Nc2ncc(Cl)c(-c3ccn(C)c3)n2)c(OC)cc1N(C)CCN(C)C.C=CC(=O)Nc1cc(Nc2ncc(Cl)c(-c3ccn(C)c3)n2)c(OC)cc1N1CCC(N(C)C)CC1.C=CC(=O)Nc1cc(Nc2ncc(Cl)c(-c3ccn(C)c3)n2)c(OC)cc1N1CCN(C)CC1.C=CC(=O)Nc1cc(Nc2ncc(Cl)c(-c3ccn(C)c3C)n2)c(OC)cc1N1CCC(N(C)C)CC1. The second-order valence-electron chi connectivity index (χ2n) is 34.6. The predicted molar refractivity (Wildman–Crippen MR) is 570 cm³/mol. The molecule has 3 aliphatic heterocycles. The van der Waals surface area contributed by atoms with Gasteiger partial charge >= 0.3 is 0 Å². The van der Waals surface area contributed by atoms with Gasteiger partial charge < -0.3 is 119 Å². The number of likely N-dealkylation sites (N-methyl/N-ethyl adjacent to an activating group) is 3. The molecule has 8 aromatic heterocycles. The van der Waals surface area contributed by atoms with Crippen molar-refractivity contribution in [3.8, 4) is 68.0 Å². The maximum Gasteiger partial charge on any atom is 0.247 e. The van der Waals surface area contributed by atoms with E-state index in [0.717, 1.165) is 142 Å². The summed E-state index contributed by atoms with van der Waals surface area (Å²) in [7, 11) is 30.7. The number of hydrogen-bond acceptors (Lipinski definition) is 28. The number of piperidine rings is 2. The number of carbonyl (C=O) groups is 4. The van der Waals surface area contributed by atoms with Crippen molar-refractivity contribution in [3.05, 3.63) is 217 Å². The summed E-state index contributed by atoms with van der Waals surface area (Å²) in [6.07, 6.45) is 28.9. The quantitative estimate of drug-likeness (QED) is 0.0177. The molecule has 744 valence electrons. The number of nitrogens with zero attached hydrogens (tertiary/aromatic N) is 20. The third-order valence-corrected chi connectivity index (χ3v) is 25.3. The maximum atomic E-state index is 12.3. The highest BCUT2D eigenvalue weighted by Crippen LogP contribution is 2.46. The second kappa shape index (κ2) is 49.1. The van der Waals surface area contributed by atoms with E-state index in [1.807, 2.05) is 185 Å². The van der Waals surface area contributed by atoms with E-state index < -0.39 is 0 Å². The van der Waals surface area contributed by atoms with Crippen LogP contribution in [0.25, 0.3) is 45.0 Å². The Morgan fingerprint density at radius 3 is 0.993 bits per heavy atom. The van der Waals surface area contributed by atoms with Crippen LogP contribution in [0.15, 0.2) is 192 Å². The fraction of sp³-hybridized carbons (Fsp3) is 0.327. The van der Waals surface area contributed by atoms with Crippen molar-refractivity contribution in [1.82, 2.24) is 77.7 Å². The Bertz CT molecular complexity index is 6450. The van der Waals surface area contributed by atoms with E-state index in [1.54, 1.807) is 59.3 Å². The molecule has 3 fully saturated rings. The Labute approximate surface area is 843 Å². The average Bonchev–Trinajstić information content (AvgIpc) is 1.45. The Morgan fingerprint density at radius 1 is 0.397 bits per heavy atom. The molecule has 4 aromatic carbocycles. The number of anilines is 16. The first-order valence-electron chi connectivity index (χ1n) is 45.5. The van der Waals surface area contributed by atoms with Gasteiger partial charge in [-0.3, -0.25) is 19.2 Å². The predicted octanol–water partition coefficient (Wildman–Crippen LogP) is 17.2. The highest BCUT2D eigenvalue weighted by molar-refractivity contribution is 6.34. The minimum absolute atomic E-state index is 0.287. The average molecular weight is 2000 g/mol. The van der Waals surface area contributed by atoms with Crippen LogP contribution < -0.4 is 81.1 Å². The van der Waals surface area contributed by atoms with Crippen LogP contribution in [0.2, 0.25) is 20.1 Å². The van der Waals surface area contributed by atoms with Gasteiger partial charge in [0.05, 0.1) is 164 Å². The molecule has 0 unspecified atom stereocenters. The van der Waals surface area contributed by atoms with Crippen molar-refractivity contribution in [2.24, 2.45) is 28.2 Å². The molecule has 40 heteroatoms. The topological polar surface area (TPSA) is 350 Å². The third kappa shape index (κ3) is 27.5. The van der Waals surface area contributed by atoms with Gasteiger partial charge in [0.25, 0.3) is 0 Å². The number of hydrogen-bond donors (Lipinski definition) is 8. The second-order valence-corrected chi connectivity index (χ2v) is 36.2. The van der Waals surface area contributed by atoms with Crippen LogP contribution in [0.5, 0.6) is 23.0 Å². The molecule has 0 bridgehead atoms. The zero-order valence-corrected chi connectivity index (χ0v) is 85.7. The first kappa shape index (κ1) is 106. The Balaban J connectivity index is 0.000000168. The fourth-order valence-electron chi connectivity index (χ4n) is 16.1.